The van der Waals surface area contributed by atoms with Crippen molar-refractivity contribution in [1.82, 2.24) is 0 Å². The molecule has 0 radical (unpaired) electrons. The van der Waals surface area contributed by atoms with Crippen LogP contribution in [-0.2, 0) is 4.74 Å². The van der Waals surface area contributed by atoms with Gasteiger partial charge < -0.3 is 9.84 Å². The third kappa shape index (κ3) is 3.58. The highest BCUT2D eigenvalue weighted by atomic mass is 16.5. The summed E-state index contributed by atoms with van der Waals surface area (Å²) in [5.41, 5.74) is 0. The molecule has 2 nitrogen and oxygen atoms in total. The van der Waals surface area contributed by atoms with Crippen LogP contribution in [0.15, 0.2) is 0 Å². The molecular formula is C12H24O2. The van der Waals surface area contributed by atoms with E-state index in [4.69, 9.17) is 4.74 Å². The van der Waals surface area contributed by atoms with Crippen molar-refractivity contribution in [1.29, 1.82) is 0 Å². The Hall–Kier alpha value is -0.0800. The standard InChI is InChI=1S/C12H24O2/c1-3-4-5-6-7-11(13)12-10(2)8-9-14-12/h10-13H,3-9H2,1-2H3. The van der Waals surface area contributed by atoms with Crippen LogP contribution in [0.5, 0.6) is 0 Å². The molecule has 3 atom stereocenters. The van der Waals surface area contributed by atoms with Gasteiger partial charge in [-0.2, -0.15) is 0 Å². The fourth-order valence-electron chi connectivity index (χ4n) is 2.15. The number of unbranched alkanes of at least 4 members (excludes halogenated alkanes) is 3. The first-order valence-corrected chi connectivity index (χ1v) is 6.05. The minimum atomic E-state index is -0.232. The zero-order valence-electron chi connectivity index (χ0n) is 9.54. The maximum Gasteiger partial charge on any atom is 0.0860 e. The highest BCUT2D eigenvalue weighted by Crippen LogP contribution is 2.25. The lowest BCUT2D eigenvalue weighted by Crippen LogP contribution is -2.29. The summed E-state index contributed by atoms with van der Waals surface area (Å²) in [6.45, 7) is 5.21. The van der Waals surface area contributed by atoms with Crippen molar-refractivity contribution in [2.24, 2.45) is 5.92 Å². The molecule has 0 aliphatic carbocycles. The molecule has 1 rings (SSSR count). The molecule has 2 heteroatoms. The number of hydrogen-bond acceptors (Lipinski definition) is 2. The minimum Gasteiger partial charge on any atom is -0.390 e. The lowest BCUT2D eigenvalue weighted by Gasteiger charge is -2.21. The molecule has 0 spiro atoms. The first-order valence-electron chi connectivity index (χ1n) is 6.05. The van der Waals surface area contributed by atoms with Crippen LogP contribution >= 0.6 is 0 Å². The highest BCUT2D eigenvalue weighted by molar-refractivity contribution is 4.79. The van der Waals surface area contributed by atoms with Gasteiger partial charge in [-0.1, -0.05) is 39.5 Å². The Morgan fingerprint density at radius 2 is 2.14 bits per heavy atom. The minimum absolute atomic E-state index is 0.108. The molecular weight excluding hydrogens is 176 g/mol. The third-order valence-electron chi connectivity index (χ3n) is 3.18. The van der Waals surface area contributed by atoms with Crippen molar-refractivity contribution in [3.63, 3.8) is 0 Å². The summed E-state index contributed by atoms with van der Waals surface area (Å²) in [6, 6.07) is 0. The first-order chi connectivity index (χ1) is 6.75. The number of rotatable bonds is 6. The van der Waals surface area contributed by atoms with Gasteiger partial charge >= 0.3 is 0 Å². The number of aliphatic hydroxyl groups is 1. The van der Waals surface area contributed by atoms with Gasteiger partial charge in [-0.05, 0) is 18.8 Å². The molecule has 0 aromatic rings. The maximum atomic E-state index is 9.89. The Bertz CT molecular complexity index is 147. The van der Waals surface area contributed by atoms with Crippen LogP contribution in [0.3, 0.4) is 0 Å². The van der Waals surface area contributed by atoms with Crippen LogP contribution in [0, 0.1) is 5.92 Å². The van der Waals surface area contributed by atoms with E-state index in [0.717, 1.165) is 25.9 Å². The van der Waals surface area contributed by atoms with Crippen LogP contribution in [0.2, 0.25) is 0 Å². The average molecular weight is 200 g/mol. The summed E-state index contributed by atoms with van der Waals surface area (Å²) in [5.74, 6) is 0.538. The van der Waals surface area contributed by atoms with E-state index in [1.54, 1.807) is 0 Å². The number of hydrogen-bond donors (Lipinski definition) is 1. The summed E-state index contributed by atoms with van der Waals surface area (Å²) in [4.78, 5) is 0. The Labute approximate surface area is 87.7 Å². The van der Waals surface area contributed by atoms with Crippen LogP contribution in [0.25, 0.3) is 0 Å². The van der Waals surface area contributed by atoms with Gasteiger partial charge in [0, 0.05) is 6.61 Å². The Morgan fingerprint density at radius 1 is 1.36 bits per heavy atom. The van der Waals surface area contributed by atoms with E-state index in [-0.39, 0.29) is 12.2 Å². The first kappa shape index (κ1) is 12.0. The molecule has 1 aliphatic rings. The summed E-state index contributed by atoms with van der Waals surface area (Å²) in [5, 5.41) is 9.89. The van der Waals surface area contributed by atoms with Gasteiger partial charge in [-0.15, -0.1) is 0 Å². The van der Waals surface area contributed by atoms with Gasteiger partial charge in [0.05, 0.1) is 12.2 Å². The molecule has 84 valence electrons. The Morgan fingerprint density at radius 3 is 2.71 bits per heavy atom. The topological polar surface area (TPSA) is 29.5 Å². The third-order valence-corrected chi connectivity index (χ3v) is 3.18. The molecule has 3 unspecified atom stereocenters. The van der Waals surface area contributed by atoms with Crippen LogP contribution in [0.4, 0.5) is 0 Å². The molecule has 1 heterocycles. The summed E-state index contributed by atoms with van der Waals surface area (Å²) in [7, 11) is 0. The van der Waals surface area contributed by atoms with Crippen molar-refractivity contribution in [2.45, 2.75) is 64.6 Å². The molecule has 1 aliphatic heterocycles. The molecule has 0 aromatic carbocycles. The van der Waals surface area contributed by atoms with Gasteiger partial charge in [0.15, 0.2) is 0 Å². The quantitative estimate of drug-likeness (QED) is 0.668. The predicted octanol–water partition coefficient (Wildman–Crippen LogP) is 2.74. The maximum absolute atomic E-state index is 9.89. The second kappa shape index (κ2) is 6.41. The smallest absolute Gasteiger partial charge is 0.0860 e. The zero-order chi connectivity index (χ0) is 10.4. The second-order valence-electron chi connectivity index (χ2n) is 4.52. The van der Waals surface area contributed by atoms with Crippen LogP contribution in [-0.4, -0.2) is 23.9 Å². The largest absolute Gasteiger partial charge is 0.390 e. The lowest BCUT2D eigenvalue weighted by atomic mass is 9.96. The summed E-state index contributed by atoms with van der Waals surface area (Å²) < 4.78 is 5.53. The summed E-state index contributed by atoms with van der Waals surface area (Å²) >= 11 is 0. The van der Waals surface area contributed by atoms with E-state index in [1.165, 1.54) is 19.3 Å². The molecule has 0 aromatic heterocycles. The van der Waals surface area contributed by atoms with Crippen LogP contribution in [0.1, 0.15) is 52.4 Å². The van der Waals surface area contributed by atoms with Crippen molar-refractivity contribution < 1.29 is 9.84 Å². The molecule has 14 heavy (non-hydrogen) atoms. The predicted molar refractivity (Wildman–Crippen MR) is 58.3 cm³/mol. The van der Waals surface area contributed by atoms with Gasteiger partial charge in [0.25, 0.3) is 0 Å². The van der Waals surface area contributed by atoms with Gasteiger partial charge in [-0.3, -0.25) is 0 Å². The van der Waals surface area contributed by atoms with Gasteiger partial charge in [0.1, 0.15) is 0 Å². The SMILES string of the molecule is CCCCCCC(O)C1OCCC1C. The normalized spacial score (nSPS) is 29.4. The molecule has 0 amide bonds. The van der Waals surface area contributed by atoms with E-state index < -0.39 is 0 Å². The zero-order valence-corrected chi connectivity index (χ0v) is 9.54. The molecule has 1 fully saturated rings. The van der Waals surface area contributed by atoms with E-state index >= 15 is 0 Å². The van der Waals surface area contributed by atoms with E-state index in [9.17, 15) is 5.11 Å². The van der Waals surface area contributed by atoms with Gasteiger partial charge in [0.2, 0.25) is 0 Å². The van der Waals surface area contributed by atoms with Crippen molar-refractivity contribution in [3.05, 3.63) is 0 Å². The fraction of sp³-hybridized carbons (Fsp3) is 1.00. The van der Waals surface area contributed by atoms with Crippen molar-refractivity contribution in [2.75, 3.05) is 6.61 Å². The van der Waals surface area contributed by atoms with Crippen LogP contribution < -0.4 is 0 Å². The van der Waals surface area contributed by atoms with Crippen molar-refractivity contribution >= 4 is 0 Å². The van der Waals surface area contributed by atoms with Crippen molar-refractivity contribution in [3.8, 4) is 0 Å². The van der Waals surface area contributed by atoms with Gasteiger partial charge in [-0.25, -0.2) is 0 Å². The summed E-state index contributed by atoms with van der Waals surface area (Å²) in [6.07, 6.45) is 6.82. The van der Waals surface area contributed by atoms with E-state index in [1.807, 2.05) is 0 Å². The molecule has 0 bridgehead atoms. The fourth-order valence-corrected chi connectivity index (χ4v) is 2.15. The Kier molecular flexibility index (Phi) is 5.49. The molecule has 0 saturated carbocycles. The van der Waals surface area contributed by atoms with E-state index in [2.05, 4.69) is 13.8 Å². The highest BCUT2D eigenvalue weighted by Gasteiger charge is 2.30. The molecule has 1 N–H and O–H groups in total. The Balaban J connectivity index is 2.11. The monoisotopic (exact) mass is 200 g/mol. The number of aliphatic hydroxyl groups excluding tert-OH is 1. The number of ether oxygens (including phenoxy) is 1. The molecule has 1 saturated heterocycles. The van der Waals surface area contributed by atoms with E-state index in [0.29, 0.717) is 5.92 Å². The second-order valence-corrected chi connectivity index (χ2v) is 4.52. The average Bonchev–Trinajstić information content (AvgIpc) is 2.59. The lowest BCUT2D eigenvalue weighted by molar-refractivity contribution is -0.0210.